The molecule has 586 valence electrons. The van der Waals surface area contributed by atoms with E-state index in [4.69, 9.17) is 50.5 Å². The molecule has 0 aliphatic heterocycles. The van der Waals surface area contributed by atoms with Gasteiger partial charge in [0.25, 0.3) is 11.5 Å². The number of nitrogens with two attached hydrogens (primary N) is 3. The summed E-state index contributed by atoms with van der Waals surface area (Å²) >= 11 is 12.6. The molecule has 26 nitrogen and oxygen atoms in total. The number of hydrogen-bond donors (Lipinski definition) is 10. The average Bonchev–Trinajstić information content (AvgIpc) is 1.60. The van der Waals surface area contributed by atoms with Crippen LogP contribution in [0.4, 0.5) is 5.69 Å². The van der Waals surface area contributed by atoms with Gasteiger partial charge in [-0.15, -0.1) is 0 Å². The predicted molar refractivity (Wildman–Crippen MR) is 435 cm³/mol. The molecule has 30 heteroatoms. The number of nitrogens with zero attached hydrogens (tertiary/aromatic N) is 1. The van der Waals surface area contributed by atoms with Crippen LogP contribution in [0.1, 0.15) is 106 Å². The number of furan rings is 2. The number of Topliss-reactive ketones (excluding diaryl/α,β-unsaturated/α-hetero) is 4. The van der Waals surface area contributed by atoms with E-state index in [1.807, 2.05) is 18.2 Å². The number of carbonyl (C=O) groups is 9. The van der Waals surface area contributed by atoms with E-state index in [9.17, 15) is 47.9 Å². The van der Waals surface area contributed by atoms with E-state index < -0.39 is 11.9 Å². The second-order valence-electron chi connectivity index (χ2n) is 26.5. The van der Waals surface area contributed by atoms with Crippen LogP contribution in [0.2, 0.25) is 0 Å². The van der Waals surface area contributed by atoms with Crippen LogP contribution < -0.4 is 58.2 Å². The normalized spacial score (nSPS) is 13.6. The number of carbonyl (C=O) groups excluding carboxylic acids is 8. The molecule has 110 heavy (non-hydrogen) atoms. The van der Waals surface area contributed by atoms with Crippen LogP contribution in [0.5, 0.6) is 23.0 Å². The number of aromatic hydroxyl groups is 1. The van der Waals surface area contributed by atoms with Crippen molar-refractivity contribution in [3.05, 3.63) is 175 Å². The lowest BCUT2D eigenvalue weighted by atomic mass is 10.2. The Balaban J connectivity index is 0.000000187. The second kappa shape index (κ2) is 47.2. The van der Waals surface area contributed by atoms with E-state index in [1.165, 1.54) is 76.3 Å². The van der Waals surface area contributed by atoms with E-state index in [2.05, 4.69) is 95.0 Å². The molecule has 5 saturated carbocycles. The fraction of sp³-hybridized carbons (Fsp3) is 0.362. The number of ketones is 4. The molecular weight excluding hydrogens is 1680 g/mol. The van der Waals surface area contributed by atoms with Crippen LogP contribution in [-0.4, -0.2) is 163 Å². The summed E-state index contributed by atoms with van der Waals surface area (Å²) in [5.41, 5.74) is 20.1. The molecule has 14 rings (SSSR count). The Bertz CT molecular complexity index is 4510. The number of ether oxygens (including phenoxy) is 3. The number of amides is 1. The number of carboxylic acids is 1. The maximum absolute atomic E-state index is 12.6. The zero-order valence-electron chi connectivity index (χ0n) is 60.5. The fourth-order valence-electron chi connectivity index (χ4n) is 9.72. The maximum Gasteiger partial charge on any atom is 0.314 e. The minimum atomic E-state index is -0.829. The number of benzene rings is 6. The van der Waals surface area contributed by atoms with Gasteiger partial charge >= 0.3 is 5.97 Å². The Morgan fingerprint density at radius 1 is 0.527 bits per heavy atom. The molecule has 5 aliphatic carbocycles. The van der Waals surface area contributed by atoms with E-state index in [0.29, 0.717) is 105 Å². The summed E-state index contributed by atoms with van der Waals surface area (Å²) in [5.74, 6) is 5.01. The van der Waals surface area contributed by atoms with Gasteiger partial charge in [0.05, 0.1) is 37.2 Å². The van der Waals surface area contributed by atoms with Crippen molar-refractivity contribution in [1.82, 2.24) is 31.2 Å². The molecule has 9 aromatic rings. The molecule has 0 radical (unpaired) electrons. The summed E-state index contributed by atoms with van der Waals surface area (Å²) < 4.78 is 28.9. The van der Waals surface area contributed by atoms with Gasteiger partial charge in [0, 0.05) is 42.0 Å². The number of aromatic nitrogens is 2. The number of aromatic amines is 1. The molecule has 0 saturated heterocycles. The molecule has 3 heterocycles. The molecule has 5 aliphatic rings. The lowest BCUT2D eigenvalue weighted by molar-refractivity contribution is -0.134. The van der Waals surface area contributed by atoms with Crippen LogP contribution in [0, 0.1) is 29.6 Å². The summed E-state index contributed by atoms with van der Waals surface area (Å²) in [4.78, 5) is 117. The molecule has 1 amide bonds. The summed E-state index contributed by atoms with van der Waals surface area (Å²) in [6.45, 7) is 6.30. The van der Waals surface area contributed by atoms with Crippen LogP contribution >= 0.6 is 63.7 Å². The van der Waals surface area contributed by atoms with E-state index in [-0.39, 0.29) is 76.6 Å². The van der Waals surface area contributed by atoms with Crippen molar-refractivity contribution in [2.75, 3.05) is 95.1 Å². The minimum absolute atomic E-state index is 0.00514. The summed E-state index contributed by atoms with van der Waals surface area (Å²) in [5, 5.41) is 30.9. The Morgan fingerprint density at radius 3 is 1.31 bits per heavy atom. The first-order chi connectivity index (χ1) is 53.1. The number of halogens is 4. The number of phenolic OH excluding ortho intramolecular Hbond substituents is 1. The van der Waals surface area contributed by atoms with E-state index in [0.717, 1.165) is 89.2 Å². The molecule has 6 aromatic carbocycles. The number of aliphatic carboxylic acids is 1. The summed E-state index contributed by atoms with van der Waals surface area (Å²) in [6.07, 6.45) is 15.3. The Hall–Kier alpha value is -9.11. The number of hydrogen-bond acceptors (Lipinski definition) is 23. The molecule has 0 spiro atoms. The molecule has 0 unspecified atom stereocenters. The Morgan fingerprint density at radius 2 is 0.927 bits per heavy atom. The highest BCUT2D eigenvalue weighted by atomic mass is 79.9. The summed E-state index contributed by atoms with van der Waals surface area (Å²) in [7, 11) is 0. The lowest BCUT2D eigenvalue weighted by Crippen LogP contribution is -2.28. The largest absolute Gasteiger partial charge is 0.508 e. The number of anilines is 1. The standard InChI is InChI=1S/C23H20BrN3O4.2C14H17NO3.C9H7BrN2O2.C7H12BrNO.C7H6O2.C4H9N.C2H3BrO2/c24-15-6-7-19-18(9-15)20-21(31-19)23(29)27-22(26-20)14-2-1-3-17(8-14)30-12-16(28)11-25-10-13-4-5-13;2*16-9-12-2-1-3-14(6-12)18-10-13(17)8-15-7-11-4-5-11;10-4-1-2-6-5(3-4)7(11)8(14-6)9(12)13;8-3-7(10)5-9-4-6-1-2-6;8-5-6-2-1-3-7(9)4-6;5-3-4-1-2-4;3-1-2(4)5/h1-3,6-9,13,25H,4-5,10-12H2,(H,26,27,29);2*1-3,6,9,11,15H,4-5,7-8,10H2;1-3H,11H2,(H2,12,13);6,9H,1-5H2;1-5,9H;4H,1-3,5H2;1H2,(H,4,5). The monoisotopic (exact) mass is 1770 g/mol. The van der Waals surface area contributed by atoms with Gasteiger partial charge in [-0.25, -0.2) is 4.98 Å². The number of fused-ring (bicyclic) bond motifs is 4. The van der Waals surface area contributed by atoms with Gasteiger partial charge in [0.15, 0.2) is 23.1 Å². The van der Waals surface area contributed by atoms with Crippen molar-refractivity contribution in [2.24, 2.45) is 41.1 Å². The number of primary amides is 1. The van der Waals surface area contributed by atoms with Crippen LogP contribution in [0.15, 0.2) is 156 Å². The van der Waals surface area contributed by atoms with Crippen molar-refractivity contribution in [1.29, 1.82) is 0 Å². The number of H-pyrrole nitrogens is 1. The Labute approximate surface area is 669 Å². The number of carboxylic acid groups (broad SMARTS) is 1. The quantitative estimate of drug-likeness (QED) is 0.0135. The molecule has 0 atom stereocenters. The number of phenols is 1. The van der Waals surface area contributed by atoms with E-state index in [1.54, 1.807) is 103 Å². The molecular formula is C80H91Br4N9O17. The lowest BCUT2D eigenvalue weighted by Gasteiger charge is -2.08. The number of rotatable bonds is 33. The third kappa shape index (κ3) is 34.0. The highest BCUT2D eigenvalue weighted by Gasteiger charge is 2.24. The number of nitrogens with one attached hydrogen (secondary N) is 5. The average molecular weight is 1770 g/mol. The zero-order valence-corrected chi connectivity index (χ0v) is 66.8. The van der Waals surface area contributed by atoms with Gasteiger partial charge in [-0.2, -0.15) is 0 Å². The summed E-state index contributed by atoms with van der Waals surface area (Å²) in [6, 6.07) is 37.7. The van der Waals surface area contributed by atoms with Gasteiger partial charge in [0.1, 0.15) is 89.5 Å². The van der Waals surface area contributed by atoms with Crippen LogP contribution in [-0.2, 0) is 24.0 Å². The second-order valence-corrected chi connectivity index (χ2v) is 29.4. The van der Waals surface area contributed by atoms with Crippen molar-refractivity contribution in [2.45, 2.75) is 64.2 Å². The predicted octanol–water partition coefficient (Wildman–Crippen LogP) is 11.8. The third-order valence-corrected chi connectivity index (χ3v) is 18.7. The number of alkyl halides is 2. The molecule has 0 bridgehead atoms. The fourth-order valence-corrected chi connectivity index (χ4v) is 10.6. The third-order valence-electron chi connectivity index (χ3n) is 16.6. The van der Waals surface area contributed by atoms with Gasteiger partial charge in [-0.3, -0.25) is 47.9 Å². The van der Waals surface area contributed by atoms with Crippen molar-refractivity contribution in [3.63, 3.8) is 0 Å². The first-order valence-electron chi connectivity index (χ1n) is 35.7. The van der Waals surface area contributed by atoms with Gasteiger partial charge in [0.2, 0.25) is 11.3 Å². The number of nitrogen functional groups attached to an aromatic ring is 1. The van der Waals surface area contributed by atoms with E-state index >= 15 is 0 Å². The first kappa shape index (κ1) is 88.1. The first-order valence-corrected chi connectivity index (χ1v) is 39.6. The maximum atomic E-state index is 12.6. The van der Waals surface area contributed by atoms with Crippen LogP contribution in [0.3, 0.4) is 0 Å². The highest BCUT2D eigenvalue weighted by molar-refractivity contribution is 9.11. The number of aldehydes is 3. The molecule has 13 N–H and O–H groups in total. The molecule has 3 aromatic heterocycles. The van der Waals surface area contributed by atoms with Crippen molar-refractivity contribution < 1.29 is 76.4 Å². The van der Waals surface area contributed by atoms with Crippen molar-refractivity contribution in [3.8, 4) is 34.4 Å². The van der Waals surface area contributed by atoms with Gasteiger partial charge in [-0.05, 0) is 211 Å². The smallest absolute Gasteiger partial charge is 0.314 e. The molecule has 5 fully saturated rings. The SMILES string of the molecule is NC(=O)c1oc2ccc(Br)cc2c1N.NCC1CC1.O=C(CBr)CNCC1CC1.O=C(CNCC1CC1)COc1cccc(-c2nc3c(oc4ccc(Br)cc43)c(=O)[nH]2)c1.O=C(O)CBr.O=Cc1cccc(O)c1.O=Cc1cccc(OCC(=O)CNCC2CC2)c1.O=Cc1cccc(OCC(=O)CNCC2CC2)c1. The van der Waals surface area contributed by atoms with Gasteiger partial charge in [-0.1, -0.05) is 112 Å². The topological polar surface area (TPSA) is 420 Å². The Kier molecular flexibility index (Phi) is 37.8. The van der Waals surface area contributed by atoms with Gasteiger partial charge < -0.3 is 76.7 Å². The highest BCUT2D eigenvalue weighted by Crippen LogP contribution is 2.33. The van der Waals surface area contributed by atoms with Crippen LogP contribution in [0.25, 0.3) is 44.4 Å². The zero-order chi connectivity index (χ0) is 79.3. The minimum Gasteiger partial charge on any atom is -0.508 e. The van der Waals surface area contributed by atoms with Crippen molar-refractivity contribution >= 4 is 156 Å².